The first kappa shape index (κ1) is 9.37. The normalized spacial score (nSPS) is 9.92. The maximum absolute atomic E-state index is 5.56. The summed E-state index contributed by atoms with van der Waals surface area (Å²) in [6.45, 7) is 2.50. The third kappa shape index (κ3) is 2.11. The van der Waals surface area contributed by atoms with Crippen molar-refractivity contribution in [2.75, 3.05) is 23.8 Å². The van der Waals surface area contributed by atoms with E-state index in [1.54, 1.807) is 0 Å². The summed E-state index contributed by atoms with van der Waals surface area (Å²) in [5.74, 6) is 0.475. The molecule has 0 aromatic carbocycles. The van der Waals surface area contributed by atoms with Gasteiger partial charge in [-0.15, -0.1) is 0 Å². The summed E-state index contributed by atoms with van der Waals surface area (Å²) < 4.78 is 5.21. The maximum atomic E-state index is 5.56. The molecule has 1 heterocycles. The SMILES string of the molecule is CCCOc1nc(N)nc(N)c1N. The van der Waals surface area contributed by atoms with Crippen LogP contribution in [0.3, 0.4) is 0 Å². The van der Waals surface area contributed by atoms with Crippen molar-refractivity contribution in [1.82, 2.24) is 9.97 Å². The van der Waals surface area contributed by atoms with Gasteiger partial charge in [-0.05, 0) is 6.42 Å². The molecule has 0 aliphatic carbocycles. The van der Waals surface area contributed by atoms with E-state index in [0.717, 1.165) is 6.42 Å². The molecule has 6 heteroatoms. The van der Waals surface area contributed by atoms with Gasteiger partial charge in [0, 0.05) is 0 Å². The second-order valence-corrected chi connectivity index (χ2v) is 2.53. The Kier molecular flexibility index (Phi) is 2.73. The molecule has 0 spiro atoms. The van der Waals surface area contributed by atoms with E-state index in [1.807, 2.05) is 6.92 Å². The first-order valence-corrected chi connectivity index (χ1v) is 3.96. The Bertz CT molecular complexity index is 301. The first-order chi connectivity index (χ1) is 6.15. The molecular weight excluding hydrogens is 170 g/mol. The van der Waals surface area contributed by atoms with Crippen molar-refractivity contribution in [2.24, 2.45) is 0 Å². The minimum atomic E-state index is 0.0674. The van der Waals surface area contributed by atoms with Gasteiger partial charge in [0.1, 0.15) is 5.69 Å². The molecule has 0 radical (unpaired) electrons. The van der Waals surface area contributed by atoms with Crippen molar-refractivity contribution in [2.45, 2.75) is 13.3 Å². The Balaban J connectivity index is 2.92. The van der Waals surface area contributed by atoms with Crippen LogP contribution in [0.1, 0.15) is 13.3 Å². The molecule has 13 heavy (non-hydrogen) atoms. The van der Waals surface area contributed by atoms with Crippen LogP contribution in [0.15, 0.2) is 0 Å². The molecule has 0 aliphatic heterocycles. The Morgan fingerprint density at radius 1 is 1.23 bits per heavy atom. The lowest BCUT2D eigenvalue weighted by atomic mass is 10.4. The van der Waals surface area contributed by atoms with Crippen LogP contribution in [0, 0.1) is 0 Å². The fourth-order valence-corrected chi connectivity index (χ4v) is 0.791. The molecule has 0 saturated heterocycles. The number of ether oxygens (including phenoxy) is 1. The molecule has 6 nitrogen and oxygen atoms in total. The third-order valence-electron chi connectivity index (χ3n) is 1.40. The van der Waals surface area contributed by atoms with E-state index in [2.05, 4.69) is 9.97 Å². The fraction of sp³-hybridized carbons (Fsp3) is 0.429. The molecule has 0 aliphatic rings. The summed E-state index contributed by atoms with van der Waals surface area (Å²) in [5.41, 5.74) is 16.6. The summed E-state index contributed by atoms with van der Waals surface area (Å²) in [6, 6.07) is 0. The van der Waals surface area contributed by atoms with E-state index in [-0.39, 0.29) is 23.3 Å². The summed E-state index contributed by atoms with van der Waals surface area (Å²) in [4.78, 5) is 7.49. The largest absolute Gasteiger partial charge is 0.476 e. The van der Waals surface area contributed by atoms with Crippen LogP contribution < -0.4 is 21.9 Å². The van der Waals surface area contributed by atoms with Gasteiger partial charge in [0.05, 0.1) is 6.61 Å². The second kappa shape index (κ2) is 3.79. The Morgan fingerprint density at radius 3 is 2.54 bits per heavy atom. The van der Waals surface area contributed by atoms with Crippen LogP contribution in [0.2, 0.25) is 0 Å². The molecule has 1 rings (SSSR count). The molecule has 0 amide bonds. The number of hydrogen-bond acceptors (Lipinski definition) is 6. The van der Waals surface area contributed by atoms with Crippen LogP contribution in [0.25, 0.3) is 0 Å². The predicted molar refractivity (Wildman–Crippen MR) is 51.1 cm³/mol. The second-order valence-electron chi connectivity index (χ2n) is 2.53. The average Bonchev–Trinajstić information content (AvgIpc) is 2.09. The molecule has 0 fully saturated rings. The lowest BCUT2D eigenvalue weighted by Crippen LogP contribution is -2.08. The highest BCUT2D eigenvalue weighted by Gasteiger charge is 2.08. The first-order valence-electron chi connectivity index (χ1n) is 3.96. The van der Waals surface area contributed by atoms with Gasteiger partial charge in [0.2, 0.25) is 11.8 Å². The van der Waals surface area contributed by atoms with Gasteiger partial charge >= 0.3 is 0 Å². The smallest absolute Gasteiger partial charge is 0.244 e. The standard InChI is InChI=1S/C7H13N5O/c1-2-3-13-6-4(8)5(9)11-7(10)12-6/h2-3,8H2,1H3,(H4,9,10,11,12). The average molecular weight is 183 g/mol. The highest BCUT2D eigenvalue weighted by atomic mass is 16.5. The Morgan fingerprint density at radius 2 is 1.92 bits per heavy atom. The van der Waals surface area contributed by atoms with Gasteiger partial charge in [-0.25, -0.2) is 0 Å². The lowest BCUT2D eigenvalue weighted by molar-refractivity contribution is 0.307. The summed E-state index contributed by atoms with van der Waals surface area (Å²) in [6.07, 6.45) is 0.864. The zero-order valence-electron chi connectivity index (χ0n) is 7.45. The molecular formula is C7H13N5O. The van der Waals surface area contributed by atoms with Crippen LogP contribution in [-0.2, 0) is 0 Å². The number of nitrogens with zero attached hydrogens (tertiary/aromatic N) is 2. The number of anilines is 3. The number of rotatable bonds is 3. The quantitative estimate of drug-likeness (QED) is 0.608. The van der Waals surface area contributed by atoms with Gasteiger partial charge in [0.15, 0.2) is 5.82 Å². The summed E-state index contributed by atoms with van der Waals surface area (Å²) in [5, 5.41) is 0. The van der Waals surface area contributed by atoms with E-state index in [1.165, 1.54) is 0 Å². The number of nitrogen functional groups attached to an aromatic ring is 3. The lowest BCUT2D eigenvalue weighted by Gasteiger charge is -2.08. The van der Waals surface area contributed by atoms with E-state index in [4.69, 9.17) is 21.9 Å². The number of aromatic nitrogens is 2. The van der Waals surface area contributed by atoms with E-state index in [0.29, 0.717) is 6.61 Å². The van der Waals surface area contributed by atoms with Gasteiger partial charge in [0.25, 0.3) is 0 Å². The topological polar surface area (TPSA) is 113 Å². The van der Waals surface area contributed by atoms with Crippen molar-refractivity contribution in [3.8, 4) is 5.88 Å². The molecule has 1 aromatic rings. The molecule has 0 unspecified atom stereocenters. The molecule has 72 valence electrons. The van der Waals surface area contributed by atoms with Crippen LogP contribution in [0.4, 0.5) is 17.5 Å². The zero-order valence-corrected chi connectivity index (χ0v) is 7.45. The van der Waals surface area contributed by atoms with Crippen LogP contribution in [-0.4, -0.2) is 16.6 Å². The molecule has 0 atom stereocenters. The Labute approximate surface area is 76.1 Å². The van der Waals surface area contributed by atoms with Crippen molar-refractivity contribution in [1.29, 1.82) is 0 Å². The van der Waals surface area contributed by atoms with E-state index >= 15 is 0 Å². The summed E-state index contributed by atoms with van der Waals surface area (Å²) >= 11 is 0. The third-order valence-corrected chi connectivity index (χ3v) is 1.40. The highest BCUT2D eigenvalue weighted by Crippen LogP contribution is 2.24. The Hall–Kier alpha value is -1.72. The van der Waals surface area contributed by atoms with Crippen LogP contribution >= 0.6 is 0 Å². The zero-order chi connectivity index (χ0) is 9.84. The highest BCUT2D eigenvalue weighted by molar-refractivity contribution is 5.65. The molecule has 0 bridgehead atoms. The maximum Gasteiger partial charge on any atom is 0.244 e. The van der Waals surface area contributed by atoms with Crippen LogP contribution in [0.5, 0.6) is 5.88 Å². The van der Waals surface area contributed by atoms with E-state index < -0.39 is 0 Å². The van der Waals surface area contributed by atoms with Gasteiger partial charge in [-0.2, -0.15) is 9.97 Å². The monoisotopic (exact) mass is 183 g/mol. The van der Waals surface area contributed by atoms with Gasteiger partial charge < -0.3 is 21.9 Å². The number of hydrogen-bond donors (Lipinski definition) is 3. The molecule has 0 saturated carbocycles. The van der Waals surface area contributed by atoms with Gasteiger partial charge in [-0.1, -0.05) is 6.92 Å². The van der Waals surface area contributed by atoms with E-state index in [9.17, 15) is 0 Å². The van der Waals surface area contributed by atoms with Crippen molar-refractivity contribution in [3.05, 3.63) is 0 Å². The molecule has 6 N–H and O–H groups in total. The fourth-order valence-electron chi connectivity index (χ4n) is 0.791. The minimum Gasteiger partial charge on any atom is -0.476 e. The molecule has 1 aromatic heterocycles. The van der Waals surface area contributed by atoms with Crippen molar-refractivity contribution in [3.63, 3.8) is 0 Å². The van der Waals surface area contributed by atoms with Crippen molar-refractivity contribution >= 4 is 17.5 Å². The number of nitrogens with two attached hydrogens (primary N) is 3. The summed E-state index contributed by atoms with van der Waals surface area (Å²) in [7, 11) is 0. The predicted octanol–water partition coefficient (Wildman–Crippen LogP) is 0.0120. The van der Waals surface area contributed by atoms with Crippen molar-refractivity contribution < 1.29 is 4.74 Å². The minimum absolute atomic E-state index is 0.0674. The van der Waals surface area contributed by atoms with Gasteiger partial charge in [-0.3, -0.25) is 0 Å².